The van der Waals surface area contributed by atoms with Gasteiger partial charge in [0.05, 0.1) is 13.2 Å². The molecule has 0 unspecified atom stereocenters. The van der Waals surface area contributed by atoms with Gasteiger partial charge in [0.15, 0.2) is 0 Å². The molecule has 0 heterocycles. The smallest absolute Gasteiger partial charge is 0.318 e. The Balaban J connectivity index is 4.07. The van der Waals surface area contributed by atoms with Crippen molar-refractivity contribution in [2.75, 3.05) is 19.8 Å². The second-order valence-corrected chi connectivity index (χ2v) is 2.57. The monoisotopic (exact) mass is 188 g/mol. The lowest BCUT2D eigenvalue weighted by Gasteiger charge is -2.11. The van der Waals surface area contributed by atoms with Crippen molar-refractivity contribution in [2.45, 2.75) is 20.8 Å². The summed E-state index contributed by atoms with van der Waals surface area (Å²) in [5.41, 5.74) is 0. The summed E-state index contributed by atoms with van der Waals surface area (Å²) in [4.78, 5) is 22.2. The van der Waals surface area contributed by atoms with Crippen LogP contribution in [0.15, 0.2) is 0 Å². The van der Waals surface area contributed by atoms with E-state index in [4.69, 9.17) is 9.47 Å². The molecule has 4 heteroatoms. The fourth-order valence-electron chi connectivity index (χ4n) is 0.830. The first-order valence-corrected chi connectivity index (χ1v) is 4.38. The number of esters is 1. The maximum Gasteiger partial charge on any atom is 0.318 e. The quantitative estimate of drug-likeness (QED) is 0.457. The van der Waals surface area contributed by atoms with E-state index in [1.54, 1.807) is 6.92 Å². The summed E-state index contributed by atoms with van der Waals surface area (Å²) in [5.74, 6) is -1.48. The molecule has 0 aromatic heterocycles. The molecule has 0 saturated carbocycles. The topological polar surface area (TPSA) is 52.6 Å². The molecule has 0 fully saturated rings. The number of rotatable bonds is 6. The first kappa shape index (κ1) is 12.1. The van der Waals surface area contributed by atoms with Gasteiger partial charge in [-0.15, -0.1) is 0 Å². The van der Waals surface area contributed by atoms with Gasteiger partial charge < -0.3 is 9.47 Å². The summed E-state index contributed by atoms with van der Waals surface area (Å²) in [6.07, 6.45) is 0. The van der Waals surface area contributed by atoms with Gasteiger partial charge in [0, 0.05) is 6.61 Å². The fraction of sp³-hybridized carbons (Fsp3) is 0.778. The zero-order valence-corrected chi connectivity index (χ0v) is 8.33. The Kier molecular flexibility index (Phi) is 6.14. The average molecular weight is 188 g/mol. The zero-order chi connectivity index (χ0) is 10.3. The number of ketones is 1. The normalized spacial score (nSPS) is 12.2. The van der Waals surface area contributed by atoms with Crippen LogP contribution in [0.2, 0.25) is 0 Å². The Bertz CT molecular complexity index is 176. The Morgan fingerprint density at radius 1 is 1.23 bits per heavy atom. The fourth-order valence-corrected chi connectivity index (χ4v) is 0.830. The number of hydrogen-bond acceptors (Lipinski definition) is 4. The SMILES string of the molecule is CCOC[C@@H](C(C)=O)C(=O)OCC. The van der Waals surface area contributed by atoms with Gasteiger partial charge in [0.1, 0.15) is 11.7 Å². The first-order chi connectivity index (χ1) is 6.13. The molecule has 0 aromatic carbocycles. The van der Waals surface area contributed by atoms with Gasteiger partial charge in [-0.25, -0.2) is 0 Å². The van der Waals surface area contributed by atoms with E-state index >= 15 is 0 Å². The van der Waals surface area contributed by atoms with E-state index in [0.29, 0.717) is 6.61 Å². The minimum absolute atomic E-state index is 0.116. The van der Waals surface area contributed by atoms with Crippen LogP contribution >= 0.6 is 0 Å². The van der Waals surface area contributed by atoms with Crippen LogP contribution in [0.25, 0.3) is 0 Å². The van der Waals surface area contributed by atoms with Crippen molar-refractivity contribution >= 4 is 11.8 Å². The van der Waals surface area contributed by atoms with E-state index in [-0.39, 0.29) is 19.0 Å². The molecule has 4 nitrogen and oxygen atoms in total. The summed E-state index contributed by atoms with van der Waals surface area (Å²) in [6.45, 7) is 5.77. The molecule has 0 N–H and O–H groups in total. The van der Waals surface area contributed by atoms with E-state index in [1.807, 2.05) is 6.92 Å². The predicted molar refractivity (Wildman–Crippen MR) is 47.3 cm³/mol. The minimum Gasteiger partial charge on any atom is -0.465 e. The average Bonchev–Trinajstić information content (AvgIpc) is 2.05. The summed E-state index contributed by atoms with van der Waals surface area (Å²) in [5, 5.41) is 0. The van der Waals surface area contributed by atoms with Crippen LogP contribution < -0.4 is 0 Å². The summed E-state index contributed by atoms with van der Waals surface area (Å²) in [7, 11) is 0. The molecule has 0 saturated heterocycles. The lowest BCUT2D eigenvalue weighted by Crippen LogP contribution is -2.28. The molecule has 0 aliphatic heterocycles. The third-order valence-electron chi connectivity index (χ3n) is 1.55. The predicted octanol–water partition coefficient (Wildman–Crippen LogP) is 0.791. The van der Waals surface area contributed by atoms with E-state index in [1.165, 1.54) is 6.92 Å². The zero-order valence-electron chi connectivity index (χ0n) is 8.33. The van der Waals surface area contributed by atoms with Crippen LogP contribution in [0.4, 0.5) is 0 Å². The molecule has 0 aliphatic rings. The molecule has 1 atom stereocenters. The third-order valence-corrected chi connectivity index (χ3v) is 1.55. The van der Waals surface area contributed by atoms with Crippen molar-refractivity contribution in [1.82, 2.24) is 0 Å². The standard InChI is InChI=1S/C9H16O4/c1-4-12-6-8(7(3)10)9(11)13-5-2/h8H,4-6H2,1-3H3/t8-/m0/s1. The molecule has 0 radical (unpaired) electrons. The number of carbonyl (C=O) groups excluding carboxylic acids is 2. The lowest BCUT2D eigenvalue weighted by molar-refractivity contribution is -0.153. The Labute approximate surface area is 78.2 Å². The van der Waals surface area contributed by atoms with Crippen LogP contribution in [-0.2, 0) is 19.1 Å². The molecule has 0 rings (SSSR count). The lowest BCUT2D eigenvalue weighted by atomic mass is 10.1. The van der Waals surface area contributed by atoms with Gasteiger partial charge in [-0.05, 0) is 20.8 Å². The van der Waals surface area contributed by atoms with Gasteiger partial charge in [0.25, 0.3) is 0 Å². The molecule has 0 aliphatic carbocycles. The molecule has 13 heavy (non-hydrogen) atoms. The molecule has 76 valence electrons. The van der Waals surface area contributed by atoms with Gasteiger partial charge in [-0.2, -0.15) is 0 Å². The minimum atomic E-state index is -0.764. The molecule has 0 spiro atoms. The molecule has 0 aromatic rings. The van der Waals surface area contributed by atoms with Crippen molar-refractivity contribution < 1.29 is 19.1 Å². The number of hydrogen-bond donors (Lipinski definition) is 0. The maximum absolute atomic E-state index is 11.2. The van der Waals surface area contributed by atoms with Gasteiger partial charge in [-0.3, -0.25) is 9.59 Å². The third kappa shape index (κ3) is 4.62. The molecular formula is C9H16O4. The van der Waals surface area contributed by atoms with Gasteiger partial charge >= 0.3 is 5.97 Å². The Morgan fingerprint density at radius 2 is 1.85 bits per heavy atom. The van der Waals surface area contributed by atoms with E-state index < -0.39 is 11.9 Å². The van der Waals surface area contributed by atoms with Crippen molar-refractivity contribution in [3.63, 3.8) is 0 Å². The maximum atomic E-state index is 11.2. The van der Waals surface area contributed by atoms with Crippen LogP contribution in [0.1, 0.15) is 20.8 Å². The van der Waals surface area contributed by atoms with Crippen LogP contribution in [-0.4, -0.2) is 31.6 Å². The van der Waals surface area contributed by atoms with E-state index in [9.17, 15) is 9.59 Å². The van der Waals surface area contributed by atoms with Gasteiger partial charge in [0.2, 0.25) is 0 Å². The molecule has 0 amide bonds. The highest BCUT2D eigenvalue weighted by Gasteiger charge is 2.24. The van der Waals surface area contributed by atoms with Crippen LogP contribution in [0.5, 0.6) is 0 Å². The van der Waals surface area contributed by atoms with Crippen LogP contribution in [0, 0.1) is 5.92 Å². The summed E-state index contributed by atoms with van der Waals surface area (Å²) >= 11 is 0. The highest BCUT2D eigenvalue weighted by molar-refractivity contribution is 5.97. The molecule has 0 bridgehead atoms. The Morgan fingerprint density at radius 3 is 2.23 bits per heavy atom. The second-order valence-electron chi connectivity index (χ2n) is 2.57. The molecular weight excluding hydrogens is 172 g/mol. The summed E-state index contributed by atoms with van der Waals surface area (Å²) < 4.78 is 9.73. The summed E-state index contributed by atoms with van der Waals surface area (Å²) in [6, 6.07) is 0. The largest absolute Gasteiger partial charge is 0.465 e. The highest BCUT2D eigenvalue weighted by Crippen LogP contribution is 2.02. The van der Waals surface area contributed by atoms with Crippen molar-refractivity contribution in [3.8, 4) is 0 Å². The van der Waals surface area contributed by atoms with Crippen LogP contribution in [0.3, 0.4) is 0 Å². The number of Topliss-reactive ketones (excluding diaryl/α,β-unsaturated/α-hetero) is 1. The second kappa shape index (κ2) is 6.60. The van der Waals surface area contributed by atoms with E-state index in [0.717, 1.165) is 0 Å². The highest BCUT2D eigenvalue weighted by atomic mass is 16.5. The number of carbonyl (C=O) groups is 2. The van der Waals surface area contributed by atoms with Crippen molar-refractivity contribution in [3.05, 3.63) is 0 Å². The number of ether oxygens (including phenoxy) is 2. The van der Waals surface area contributed by atoms with Crippen molar-refractivity contribution in [2.24, 2.45) is 5.92 Å². The Hall–Kier alpha value is -0.900. The van der Waals surface area contributed by atoms with E-state index in [2.05, 4.69) is 0 Å². The van der Waals surface area contributed by atoms with Gasteiger partial charge in [-0.1, -0.05) is 0 Å². The van der Waals surface area contributed by atoms with Crippen molar-refractivity contribution in [1.29, 1.82) is 0 Å². The first-order valence-electron chi connectivity index (χ1n) is 4.38.